The molecule has 1 N–H and O–H groups in total. The highest BCUT2D eigenvalue weighted by Crippen LogP contribution is 2.30. The fourth-order valence-electron chi connectivity index (χ4n) is 3.85. The Labute approximate surface area is 202 Å². The molecular weight excluding hydrogens is 471 g/mol. The van der Waals surface area contributed by atoms with Crippen molar-refractivity contribution < 1.29 is 9.53 Å². The summed E-state index contributed by atoms with van der Waals surface area (Å²) in [5.74, 6) is 0.816. The molecular formula is C23H25Cl3N4O2. The summed E-state index contributed by atoms with van der Waals surface area (Å²) >= 11 is 18.8. The highest BCUT2D eigenvalue weighted by molar-refractivity contribution is 6.42. The first-order chi connectivity index (χ1) is 15.5. The standard InChI is InChI=1S/C23H25Cl3N4O2/c24-17-4-2-1-3-16(17)13-22-28-20-14-18(25)19(26)15-21(20)30(22)7-5-23(31)27-6-8-29-9-11-32-12-10-29/h1-4,14-15H,5-13H2,(H,27,31). The Bertz CT molecular complexity index is 1100. The van der Waals surface area contributed by atoms with E-state index in [0.29, 0.717) is 41.0 Å². The smallest absolute Gasteiger partial charge is 0.221 e. The van der Waals surface area contributed by atoms with E-state index in [2.05, 4.69) is 10.2 Å². The zero-order valence-electron chi connectivity index (χ0n) is 17.6. The van der Waals surface area contributed by atoms with Gasteiger partial charge in [-0.3, -0.25) is 9.69 Å². The van der Waals surface area contributed by atoms with Crippen molar-refractivity contribution in [2.45, 2.75) is 19.4 Å². The van der Waals surface area contributed by atoms with E-state index in [1.54, 1.807) is 12.1 Å². The third-order valence-electron chi connectivity index (χ3n) is 5.59. The first kappa shape index (κ1) is 23.3. The van der Waals surface area contributed by atoms with E-state index in [1.165, 1.54) is 0 Å². The first-order valence-electron chi connectivity index (χ1n) is 10.7. The monoisotopic (exact) mass is 494 g/mol. The normalized spacial score (nSPS) is 14.7. The zero-order valence-corrected chi connectivity index (χ0v) is 19.9. The number of amides is 1. The van der Waals surface area contributed by atoms with Crippen molar-refractivity contribution in [2.75, 3.05) is 39.4 Å². The molecule has 170 valence electrons. The van der Waals surface area contributed by atoms with Crippen LogP contribution in [-0.4, -0.2) is 59.8 Å². The summed E-state index contributed by atoms with van der Waals surface area (Å²) in [6.07, 6.45) is 0.882. The largest absolute Gasteiger partial charge is 0.379 e. The summed E-state index contributed by atoms with van der Waals surface area (Å²) < 4.78 is 7.39. The number of imidazole rings is 1. The van der Waals surface area contributed by atoms with Gasteiger partial charge in [0.1, 0.15) is 5.82 Å². The molecule has 0 aliphatic carbocycles. The van der Waals surface area contributed by atoms with Crippen LogP contribution in [0.15, 0.2) is 36.4 Å². The Morgan fingerprint density at radius 1 is 1.03 bits per heavy atom. The van der Waals surface area contributed by atoms with Crippen molar-refractivity contribution in [1.29, 1.82) is 0 Å². The van der Waals surface area contributed by atoms with Crippen LogP contribution >= 0.6 is 34.8 Å². The van der Waals surface area contributed by atoms with Crippen LogP contribution in [-0.2, 0) is 22.5 Å². The molecule has 4 rings (SSSR count). The molecule has 1 amide bonds. The van der Waals surface area contributed by atoms with E-state index < -0.39 is 0 Å². The maximum absolute atomic E-state index is 12.5. The number of nitrogens with zero attached hydrogens (tertiary/aromatic N) is 3. The SMILES string of the molecule is O=C(CCn1c(Cc2ccccc2Cl)nc2cc(Cl)c(Cl)cc21)NCCN1CCOCC1. The van der Waals surface area contributed by atoms with Crippen molar-refractivity contribution >= 4 is 51.7 Å². The number of carbonyl (C=O) groups excluding carboxylic acids is 1. The predicted molar refractivity (Wildman–Crippen MR) is 129 cm³/mol. The number of hydrogen-bond acceptors (Lipinski definition) is 4. The molecule has 3 aromatic rings. The number of benzene rings is 2. The van der Waals surface area contributed by atoms with Crippen LogP contribution in [0.1, 0.15) is 17.8 Å². The summed E-state index contributed by atoms with van der Waals surface area (Å²) in [6.45, 7) is 5.26. The Balaban J connectivity index is 1.46. The van der Waals surface area contributed by atoms with E-state index in [4.69, 9.17) is 44.5 Å². The fourth-order valence-corrected chi connectivity index (χ4v) is 4.36. The minimum absolute atomic E-state index is 0.00358. The van der Waals surface area contributed by atoms with Crippen LogP contribution in [0.5, 0.6) is 0 Å². The zero-order chi connectivity index (χ0) is 22.5. The maximum atomic E-state index is 12.5. The van der Waals surface area contributed by atoms with E-state index in [0.717, 1.165) is 55.3 Å². The van der Waals surface area contributed by atoms with Gasteiger partial charge in [-0.25, -0.2) is 4.98 Å². The third-order valence-corrected chi connectivity index (χ3v) is 6.68. The van der Waals surface area contributed by atoms with Gasteiger partial charge in [0.25, 0.3) is 0 Å². The number of hydrogen-bond donors (Lipinski definition) is 1. The second-order valence-electron chi connectivity index (χ2n) is 7.76. The van der Waals surface area contributed by atoms with Gasteiger partial charge < -0.3 is 14.6 Å². The molecule has 0 unspecified atom stereocenters. The number of carbonyl (C=O) groups is 1. The third kappa shape index (κ3) is 5.74. The summed E-state index contributed by atoms with van der Waals surface area (Å²) in [6, 6.07) is 11.2. The minimum atomic E-state index is 0.00358. The van der Waals surface area contributed by atoms with E-state index >= 15 is 0 Å². The Kier molecular flexibility index (Phi) is 7.92. The summed E-state index contributed by atoms with van der Waals surface area (Å²) in [5.41, 5.74) is 2.56. The number of aromatic nitrogens is 2. The lowest BCUT2D eigenvalue weighted by Gasteiger charge is -2.26. The highest BCUT2D eigenvalue weighted by atomic mass is 35.5. The van der Waals surface area contributed by atoms with Gasteiger partial charge in [-0.2, -0.15) is 0 Å². The highest BCUT2D eigenvalue weighted by Gasteiger charge is 2.16. The molecule has 32 heavy (non-hydrogen) atoms. The molecule has 2 heterocycles. The van der Waals surface area contributed by atoms with Crippen LogP contribution in [0.25, 0.3) is 11.0 Å². The first-order valence-corrected chi connectivity index (χ1v) is 11.8. The molecule has 2 aromatic carbocycles. The number of ether oxygens (including phenoxy) is 1. The van der Waals surface area contributed by atoms with Gasteiger partial charge in [0, 0.05) is 50.6 Å². The van der Waals surface area contributed by atoms with Crippen LogP contribution in [0, 0.1) is 0 Å². The van der Waals surface area contributed by atoms with E-state index in [9.17, 15) is 4.79 Å². The van der Waals surface area contributed by atoms with Crippen molar-refractivity contribution in [1.82, 2.24) is 19.8 Å². The average Bonchev–Trinajstić information content (AvgIpc) is 3.10. The molecule has 1 aromatic heterocycles. The summed E-state index contributed by atoms with van der Waals surface area (Å²) in [5, 5.41) is 4.61. The van der Waals surface area contributed by atoms with Gasteiger partial charge in [0.05, 0.1) is 34.3 Å². The van der Waals surface area contributed by atoms with Gasteiger partial charge in [-0.15, -0.1) is 0 Å². The lowest BCUT2D eigenvalue weighted by molar-refractivity contribution is -0.121. The van der Waals surface area contributed by atoms with Crippen molar-refractivity contribution in [3.05, 3.63) is 62.9 Å². The van der Waals surface area contributed by atoms with Crippen molar-refractivity contribution in [3.8, 4) is 0 Å². The molecule has 0 saturated carbocycles. The number of halogens is 3. The van der Waals surface area contributed by atoms with Crippen LogP contribution in [0.2, 0.25) is 15.1 Å². The molecule has 9 heteroatoms. The summed E-state index contributed by atoms with van der Waals surface area (Å²) in [4.78, 5) is 19.6. The number of rotatable bonds is 8. The quantitative estimate of drug-likeness (QED) is 0.502. The van der Waals surface area contributed by atoms with E-state index in [-0.39, 0.29) is 5.91 Å². The van der Waals surface area contributed by atoms with Gasteiger partial charge >= 0.3 is 0 Å². The number of morpholine rings is 1. The fraction of sp³-hybridized carbons (Fsp3) is 0.391. The molecule has 0 bridgehead atoms. The molecule has 1 aliphatic rings. The summed E-state index contributed by atoms with van der Waals surface area (Å²) in [7, 11) is 0. The predicted octanol–water partition coefficient (Wildman–Crippen LogP) is 4.43. The van der Waals surface area contributed by atoms with Gasteiger partial charge in [0.15, 0.2) is 0 Å². The van der Waals surface area contributed by atoms with Crippen LogP contribution in [0.3, 0.4) is 0 Å². The molecule has 1 aliphatic heterocycles. The Morgan fingerprint density at radius 2 is 1.78 bits per heavy atom. The van der Waals surface area contributed by atoms with Crippen molar-refractivity contribution in [2.24, 2.45) is 0 Å². The number of fused-ring (bicyclic) bond motifs is 1. The molecule has 0 radical (unpaired) electrons. The molecule has 1 fully saturated rings. The van der Waals surface area contributed by atoms with Gasteiger partial charge in [0.2, 0.25) is 5.91 Å². The van der Waals surface area contributed by atoms with Crippen LogP contribution < -0.4 is 5.32 Å². The average molecular weight is 496 g/mol. The second-order valence-corrected chi connectivity index (χ2v) is 8.98. The van der Waals surface area contributed by atoms with Gasteiger partial charge in [-0.05, 0) is 23.8 Å². The number of nitrogens with one attached hydrogen (secondary N) is 1. The lowest BCUT2D eigenvalue weighted by atomic mass is 10.1. The topological polar surface area (TPSA) is 59.4 Å². The minimum Gasteiger partial charge on any atom is -0.379 e. The lowest BCUT2D eigenvalue weighted by Crippen LogP contribution is -2.41. The van der Waals surface area contributed by atoms with Crippen LogP contribution in [0.4, 0.5) is 0 Å². The van der Waals surface area contributed by atoms with E-state index in [1.807, 2.05) is 28.8 Å². The Morgan fingerprint density at radius 3 is 2.56 bits per heavy atom. The number of aryl methyl sites for hydroxylation is 1. The molecule has 1 saturated heterocycles. The van der Waals surface area contributed by atoms with Gasteiger partial charge in [-0.1, -0.05) is 53.0 Å². The molecule has 6 nitrogen and oxygen atoms in total. The Hall–Kier alpha value is -1.83. The second kappa shape index (κ2) is 10.9. The molecule has 0 spiro atoms. The maximum Gasteiger partial charge on any atom is 0.221 e. The van der Waals surface area contributed by atoms with Crippen molar-refractivity contribution in [3.63, 3.8) is 0 Å². The molecule has 0 atom stereocenters.